The maximum Gasteiger partial charge on any atom is 0.346 e. The van der Waals surface area contributed by atoms with Crippen LogP contribution in [0.1, 0.15) is 62.4 Å². The molecule has 1 rings (SSSR count). The summed E-state index contributed by atoms with van der Waals surface area (Å²) in [5.41, 5.74) is 1.49. The number of carbonyl (C=O) groups is 2. The Bertz CT molecular complexity index is 451. The zero-order valence-corrected chi connectivity index (χ0v) is 12.6. The van der Waals surface area contributed by atoms with E-state index in [0.717, 1.165) is 18.4 Å². The van der Waals surface area contributed by atoms with Gasteiger partial charge in [-0.3, -0.25) is 4.79 Å². The molecule has 0 bridgehead atoms. The van der Waals surface area contributed by atoms with Gasteiger partial charge in [0.05, 0.1) is 5.56 Å². The third-order valence-electron chi connectivity index (χ3n) is 3.53. The average molecular weight is 276 g/mol. The van der Waals surface area contributed by atoms with E-state index >= 15 is 0 Å². The molecule has 0 spiro atoms. The number of rotatable bonds is 7. The van der Waals surface area contributed by atoms with E-state index in [-0.39, 0.29) is 0 Å². The van der Waals surface area contributed by atoms with Gasteiger partial charge >= 0.3 is 11.9 Å². The predicted octanol–water partition coefficient (Wildman–Crippen LogP) is 4.15. The zero-order valence-electron chi connectivity index (χ0n) is 12.6. The monoisotopic (exact) mass is 276 g/mol. The van der Waals surface area contributed by atoms with Crippen LogP contribution in [0.2, 0.25) is 0 Å². The van der Waals surface area contributed by atoms with Gasteiger partial charge in [0.25, 0.3) is 0 Å². The summed E-state index contributed by atoms with van der Waals surface area (Å²) in [5.74, 6) is -0.539. The average Bonchev–Trinajstić information content (AvgIpc) is 2.43. The fraction of sp³-hybridized carbons (Fsp3) is 0.529. The van der Waals surface area contributed by atoms with Crippen LogP contribution in [-0.2, 0) is 16.0 Å². The minimum Gasteiger partial charge on any atom is -0.390 e. The molecule has 0 radical (unpaired) electrons. The summed E-state index contributed by atoms with van der Waals surface area (Å²) in [6.07, 6.45) is 5.52. The van der Waals surface area contributed by atoms with Gasteiger partial charge in [-0.05, 0) is 24.0 Å². The van der Waals surface area contributed by atoms with E-state index in [1.54, 1.807) is 12.1 Å². The topological polar surface area (TPSA) is 43.4 Å². The highest BCUT2D eigenvalue weighted by atomic mass is 16.6. The Hall–Kier alpha value is -1.64. The fourth-order valence-corrected chi connectivity index (χ4v) is 2.34. The molecule has 20 heavy (non-hydrogen) atoms. The highest BCUT2D eigenvalue weighted by molar-refractivity contribution is 5.97. The second-order valence-corrected chi connectivity index (χ2v) is 5.16. The predicted molar refractivity (Wildman–Crippen MR) is 79.5 cm³/mol. The van der Waals surface area contributed by atoms with Crippen molar-refractivity contribution in [1.82, 2.24) is 0 Å². The third-order valence-corrected chi connectivity index (χ3v) is 3.53. The summed E-state index contributed by atoms with van der Waals surface area (Å²) < 4.78 is 4.70. The second-order valence-electron chi connectivity index (χ2n) is 5.16. The Kier molecular flexibility index (Phi) is 6.99. The van der Waals surface area contributed by atoms with Gasteiger partial charge in [-0.15, -0.1) is 0 Å². The lowest BCUT2D eigenvalue weighted by Gasteiger charge is -2.16. The van der Waals surface area contributed by atoms with Crippen molar-refractivity contribution >= 4 is 11.9 Å². The van der Waals surface area contributed by atoms with Gasteiger partial charge in [-0.2, -0.15) is 0 Å². The standard InChI is InChI=1S/C17H24O3/c1-4-6-9-14(5-2)12-15-10-7-8-11-16(15)17(19)20-13(3)18/h7-8,10-11,14H,4-6,9,12H2,1-3H3. The lowest BCUT2D eigenvalue weighted by molar-refractivity contribution is -0.135. The van der Waals surface area contributed by atoms with Crippen LogP contribution in [0.4, 0.5) is 0 Å². The number of hydrogen-bond acceptors (Lipinski definition) is 3. The minimum atomic E-state index is -0.567. The Labute approximate surface area is 121 Å². The first-order chi connectivity index (χ1) is 9.58. The van der Waals surface area contributed by atoms with Gasteiger partial charge in [0.2, 0.25) is 0 Å². The van der Waals surface area contributed by atoms with Crippen molar-refractivity contribution in [2.24, 2.45) is 5.92 Å². The lowest BCUT2D eigenvalue weighted by Crippen LogP contribution is -2.13. The zero-order chi connectivity index (χ0) is 15.0. The van der Waals surface area contributed by atoms with Gasteiger partial charge in [0, 0.05) is 6.92 Å². The van der Waals surface area contributed by atoms with E-state index in [0.29, 0.717) is 11.5 Å². The number of esters is 2. The molecule has 1 unspecified atom stereocenters. The molecule has 0 saturated heterocycles. The van der Waals surface area contributed by atoms with Crippen molar-refractivity contribution in [3.05, 3.63) is 35.4 Å². The van der Waals surface area contributed by atoms with Crippen LogP contribution in [0.25, 0.3) is 0 Å². The summed E-state index contributed by atoms with van der Waals surface area (Å²) in [7, 11) is 0. The van der Waals surface area contributed by atoms with Crippen LogP contribution in [0, 0.1) is 5.92 Å². The summed E-state index contributed by atoms with van der Waals surface area (Å²) in [6.45, 7) is 5.61. The fourth-order valence-electron chi connectivity index (χ4n) is 2.34. The number of benzene rings is 1. The number of ether oxygens (including phenoxy) is 1. The molecule has 0 saturated carbocycles. The van der Waals surface area contributed by atoms with Crippen LogP contribution in [-0.4, -0.2) is 11.9 Å². The summed E-state index contributed by atoms with van der Waals surface area (Å²) >= 11 is 0. The lowest BCUT2D eigenvalue weighted by atomic mass is 9.90. The molecule has 1 aromatic rings. The molecule has 3 nitrogen and oxygen atoms in total. The van der Waals surface area contributed by atoms with E-state index in [2.05, 4.69) is 13.8 Å². The number of carbonyl (C=O) groups excluding carboxylic acids is 2. The molecule has 0 aliphatic rings. The highest BCUT2D eigenvalue weighted by Gasteiger charge is 2.16. The smallest absolute Gasteiger partial charge is 0.346 e. The van der Waals surface area contributed by atoms with E-state index in [4.69, 9.17) is 4.74 Å². The summed E-state index contributed by atoms with van der Waals surface area (Å²) in [5, 5.41) is 0. The van der Waals surface area contributed by atoms with Gasteiger partial charge in [-0.1, -0.05) is 57.7 Å². The van der Waals surface area contributed by atoms with Crippen molar-refractivity contribution in [3.8, 4) is 0 Å². The molecule has 3 heteroatoms. The quantitative estimate of drug-likeness (QED) is 0.555. The molecule has 1 aromatic carbocycles. The van der Waals surface area contributed by atoms with E-state index in [1.165, 1.54) is 26.2 Å². The van der Waals surface area contributed by atoms with E-state index < -0.39 is 11.9 Å². The van der Waals surface area contributed by atoms with Crippen LogP contribution in [0.15, 0.2) is 24.3 Å². The normalized spacial score (nSPS) is 11.9. The largest absolute Gasteiger partial charge is 0.390 e. The van der Waals surface area contributed by atoms with Gasteiger partial charge in [-0.25, -0.2) is 4.79 Å². The molecule has 0 N–H and O–H groups in total. The van der Waals surface area contributed by atoms with Crippen molar-refractivity contribution in [3.63, 3.8) is 0 Å². The molecule has 0 aromatic heterocycles. The molecular weight excluding hydrogens is 252 g/mol. The summed E-state index contributed by atoms with van der Waals surface area (Å²) in [4.78, 5) is 22.8. The van der Waals surface area contributed by atoms with Crippen LogP contribution >= 0.6 is 0 Å². The highest BCUT2D eigenvalue weighted by Crippen LogP contribution is 2.21. The second kappa shape index (κ2) is 8.51. The first kappa shape index (κ1) is 16.4. The Morgan fingerprint density at radius 3 is 2.50 bits per heavy atom. The van der Waals surface area contributed by atoms with Crippen LogP contribution < -0.4 is 0 Å². The molecule has 0 aliphatic carbocycles. The van der Waals surface area contributed by atoms with Crippen molar-refractivity contribution in [2.75, 3.05) is 0 Å². The molecule has 0 aliphatic heterocycles. The van der Waals surface area contributed by atoms with Crippen molar-refractivity contribution in [1.29, 1.82) is 0 Å². The Balaban J connectivity index is 2.83. The van der Waals surface area contributed by atoms with Crippen molar-refractivity contribution < 1.29 is 14.3 Å². The molecule has 110 valence electrons. The molecule has 0 fully saturated rings. The first-order valence-corrected chi connectivity index (χ1v) is 7.39. The Morgan fingerprint density at radius 2 is 1.90 bits per heavy atom. The van der Waals surface area contributed by atoms with E-state index in [9.17, 15) is 9.59 Å². The van der Waals surface area contributed by atoms with Gasteiger partial charge < -0.3 is 4.74 Å². The number of unbranched alkanes of at least 4 members (excludes halogenated alkanes) is 1. The number of hydrogen-bond donors (Lipinski definition) is 0. The molecule has 0 heterocycles. The maximum atomic E-state index is 11.9. The van der Waals surface area contributed by atoms with Crippen LogP contribution in [0.3, 0.4) is 0 Å². The summed E-state index contributed by atoms with van der Waals surface area (Å²) in [6, 6.07) is 7.40. The molecule has 0 amide bonds. The minimum absolute atomic E-state index is 0.512. The van der Waals surface area contributed by atoms with Gasteiger partial charge in [0.1, 0.15) is 0 Å². The molecule has 1 atom stereocenters. The maximum absolute atomic E-state index is 11.9. The van der Waals surface area contributed by atoms with Crippen molar-refractivity contribution in [2.45, 2.75) is 52.9 Å². The van der Waals surface area contributed by atoms with Crippen LogP contribution in [0.5, 0.6) is 0 Å². The molecular formula is C17H24O3. The first-order valence-electron chi connectivity index (χ1n) is 7.39. The SMILES string of the molecule is CCCCC(CC)Cc1ccccc1C(=O)OC(C)=O. The van der Waals surface area contributed by atoms with Gasteiger partial charge in [0.15, 0.2) is 0 Å². The van der Waals surface area contributed by atoms with E-state index in [1.807, 2.05) is 12.1 Å². The Morgan fingerprint density at radius 1 is 1.20 bits per heavy atom. The third kappa shape index (κ3) is 5.16.